The van der Waals surface area contributed by atoms with Gasteiger partial charge in [0.2, 0.25) is 0 Å². The van der Waals surface area contributed by atoms with Gasteiger partial charge in [-0.05, 0) is 30.4 Å². The van der Waals surface area contributed by atoms with Crippen molar-refractivity contribution in [1.29, 1.82) is 0 Å². The number of rotatable bonds is 2. The van der Waals surface area contributed by atoms with Crippen molar-refractivity contribution in [2.24, 2.45) is 5.92 Å². The van der Waals surface area contributed by atoms with Crippen molar-refractivity contribution >= 4 is 23.5 Å². The van der Waals surface area contributed by atoms with Gasteiger partial charge in [0, 0.05) is 5.02 Å². The molecule has 1 aromatic carbocycles. The standard InChI is InChI=1S/C16H19ClN2O2/c1-11-6-4-5-9-16(11)14(20)19(15(21)18-16)10-12-7-2-3-8-13(12)17/h2-3,7-8,11H,4-6,9-10H2,1H3,(H,18,21)/t11-,16-/m0/s1. The van der Waals surface area contributed by atoms with Crippen molar-refractivity contribution in [1.82, 2.24) is 10.2 Å². The number of carbonyl (C=O) groups is 2. The van der Waals surface area contributed by atoms with Crippen LogP contribution in [0.15, 0.2) is 24.3 Å². The quantitative estimate of drug-likeness (QED) is 0.852. The van der Waals surface area contributed by atoms with E-state index in [0.29, 0.717) is 5.02 Å². The Labute approximate surface area is 129 Å². The van der Waals surface area contributed by atoms with Crippen LogP contribution in [0.2, 0.25) is 5.02 Å². The molecular weight excluding hydrogens is 288 g/mol. The molecule has 3 amide bonds. The molecule has 2 aliphatic rings. The summed E-state index contributed by atoms with van der Waals surface area (Å²) in [7, 11) is 0. The number of urea groups is 1. The van der Waals surface area contributed by atoms with E-state index in [0.717, 1.165) is 31.2 Å². The average molecular weight is 307 g/mol. The molecule has 1 N–H and O–H groups in total. The third-order valence-electron chi connectivity index (χ3n) is 4.79. The van der Waals surface area contributed by atoms with Crippen molar-refractivity contribution in [3.63, 3.8) is 0 Å². The second kappa shape index (κ2) is 5.34. The van der Waals surface area contributed by atoms with Crippen LogP contribution in [0, 0.1) is 5.92 Å². The Bertz CT molecular complexity index is 589. The Morgan fingerprint density at radius 2 is 2.10 bits per heavy atom. The molecular formula is C16H19ClN2O2. The smallest absolute Gasteiger partial charge is 0.323 e. The summed E-state index contributed by atoms with van der Waals surface area (Å²) in [6, 6.07) is 7.02. The number of nitrogens with zero attached hydrogens (tertiary/aromatic N) is 1. The summed E-state index contributed by atoms with van der Waals surface area (Å²) in [6.45, 7) is 2.29. The van der Waals surface area contributed by atoms with E-state index in [9.17, 15) is 9.59 Å². The number of halogens is 1. The van der Waals surface area contributed by atoms with Gasteiger partial charge in [0.15, 0.2) is 0 Å². The Balaban J connectivity index is 1.86. The van der Waals surface area contributed by atoms with Crippen LogP contribution in [0.5, 0.6) is 0 Å². The fourth-order valence-corrected chi connectivity index (χ4v) is 3.63. The van der Waals surface area contributed by atoms with E-state index < -0.39 is 5.54 Å². The first kappa shape index (κ1) is 14.4. The van der Waals surface area contributed by atoms with Crippen LogP contribution in [0.3, 0.4) is 0 Å². The normalized spacial score (nSPS) is 29.0. The highest BCUT2D eigenvalue weighted by Gasteiger charge is 2.54. The Morgan fingerprint density at radius 3 is 2.81 bits per heavy atom. The molecule has 5 heteroatoms. The maximum atomic E-state index is 12.8. The summed E-state index contributed by atoms with van der Waals surface area (Å²) < 4.78 is 0. The van der Waals surface area contributed by atoms with E-state index >= 15 is 0 Å². The highest BCUT2D eigenvalue weighted by molar-refractivity contribution is 6.31. The van der Waals surface area contributed by atoms with E-state index in [2.05, 4.69) is 12.2 Å². The molecule has 1 aliphatic carbocycles. The Morgan fingerprint density at radius 1 is 1.33 bits per heavy atom. The predicted molar refractivity (Wildman–Crippen MR) is 80.9 cm³/mol. The minimum Gasteiger partial charge on any atom is -0.323 e. The topological polar surface area (TPSA) is 49.4 Å². The fraction of sp³-hybridized carbons (Fsp3) is 0.500. The average Bonchev–Trinajstić information content (AvgIpc) is 2.70. The first-order valence-corrected chi connectivity index (χ1v) is 7.80. The largest absolute Gasteiger partial charge is 0.325 e. The summed E-state index contributed by atoms with van der Waals surface area (Å²) in [5.74, 6) is 0.0820. The second-order valence-corrected chi connectivity index (χ2v) is 6.44. The van der Waals surface area contributed by atoms with Crippen molar-refractivity contribution in [3.05, 3.63) is 34.9 Å². The van der Waals surface area contributed by atoms with Crippen molar-refractivity contribution in [2.75, 3.05) is 0 Å². The number of amides is 3. The SMILES string of the molecule is C[C@H]1CCCC[C@]12NC(=O)N(Cc1ccccc1Cl)C2=O. The maximum Gasteiger partial charge on any atom is 0.325 e. The number of nitrogens with one attached hydrogen (secondary N) is 1. The van der Waals surface area contributed by atoms with E-state index in [-0.39, 0.29) is 24.4 Å². The summed E-state index contributed by atoms with van der Waals surface area (Å²) in [5, 5.41) is 3.53. The summed E-state index contributed by atoms with van der Waals surface area (Å²) >= 11 is 6.13. The van der Waals surface area contributed by atoms with Gasteiger partial charge in [0.1, 0.15) is 5.54 Å². The molecule has 1 saturated heterocycles. The zero-order valence-corrected chi connectivity index (χ0v) is 12.8. The molecule has 1 aromatic rings. The van der Waals surface area contributed by atoms with Crippen LogP contribution in [0.4, 0.5) is 4.79 Å². The van der Waals surface area contributed by atoms with Gasteiger partial charge in [0.05, 0.1) is 6.54 Å². The molecule has 0 unspecified atom stereocenters. The van der Waals surface area contributed by atoms with Crippen LogP contribution in [0.25, 0.3) is 0 Å². The number of hydrogen-bond donors (Lipinski definition) is 1. The van der Waals surface area contributed by atoms with Gasteiger partial charge in [0.25, 0.3) is 5.91 Å². The van der Waals surface area contributed by atoms with E-state index in [4.69, 9.17) is 11.6 Å². The zero-order valence-electron chi connectivity index (χ0n) is 12.1. The third kappa shape index (κ3) is 2.31. The lowest BCUT2D eigenvalue weighted by atomic mass is 9.73. The molecule has 3 rings (SSSR count). The van der Waals surface area contributed by atoms with E-state index in [1.165, 1.54) is 4.90 Å². The number of carbonyl (C=O) groups excluding carboxylic acids is 2. The zero-order chi connectivity index (χ0) is 15.0. The molecule has 0 bridgehead atoms. The lowest BCUT2D eigenvalue weighted by Crippen LogP contribution is -2.53. The van der Waals surface area contributed by atoms with Gasteiger partial charge >= 0.3 is 6.03 Å². The molecule has 21 heavy (non-hydrogen) atoms. The van der Waals surface area contributed by atoms with Gasteiger partial charge in [-0.1, -0.05) is 49.6 Å². The van der Waals surface area contributed by atoms with Gasteiger partial charge in [-0.2, -0.15) is 0 Å². The first-order chi connectivity index (χ1) is 10.0. The lowest BCUT2D eigenvalue weighted by Gasteiger charge is -2.36. The molecule has 0 aromatic heterocycles. The van der Waals surface area contributed by atoms with E-state index in [1.807, 2.05) is 18.2 Å². The lowest BCUT2D eigenvalue weighted by molar-refractivity contribution is -0.134. The summed E-state index contributed by atoms with van der Waals surface area (Å²) in [5.41, 5.74) is 0.0968. The second-order valence-electron chi connectivity index (χ2n) is 6.03. The van der Waals surface area contributed by atoms with Crippen LogP contribution in [-0.2, 0) is 11.3 Å². The van der Waals surface area contributed by atoms with Gasteiger partial charge in [-0.3, -0.25) is 9.69 Å². The molecule has 1 heterocycles. The highest BCUT2D eigenvalue weighted by atomic mass is 35.5. The molecule has 112 valence electrons. The molecule has 2 fully saturated rings. The van der Waals surface area contributed by atoms with Crippen LogP contribution in [-0.4, -0.2) is 22.4 Å². The van der Waals surface area contributed by atoms with Crippen LogP contribution in [0.1, 0.15) is 38.2 Å². The van der Waals surface area contributed by atoms with E-state index in [1.54, 1.807) is 6.07 Å². The van der Waals surface area contributed by atoms with Gasteiger partial charge in [-0.15, -0.1) is 0 Å². The number of imide groups is 1. The van der Waals surface area contributed by atoms with Crippen molar-refractivity contribution in [2.45, 2.75) is 44.7 Å². The van der Waals surface area contributed by atoms with Gasteiger partial charge in [-0.25, -0.2) is 4.79 Å². The van der Waals surface area contributed by atoms with Crippen molar-refractivity contribution < 1.29 is 9.59 Å². The molecule has 1 saturated carbocycles. The molecule has 1 aliphatic heterocycles. The monoisotopic (exact) mass is 306 g/mol. The molecule has 2 atom stereocenters. The summed E-state index contributed by atoms with van der Waals surface area (Å²) in [6.07, 6.45) is 3.82. The van der Waals surface area contributed by atoms with Gasteiger partial charge < -0.3 is 5.32 Å². The fourth-order valence-electron chi connectivity index (χ4n) is 3.44. The van der Waals surface area contributed by atoms with Crippen LogP contribution < -0.4 is 5.32 Å². The molecule has 1 spiro atoms. The van der Waals surface area contributed by atoms with Crippen molar-refractivity contribution in [3.8, 4) is 0 Å². The predicted octanol–water partition coefficient (Wildman–Crippen LogP) is 3.34. The number of hydrogen-bond acceptors (Lipinski definition) is 2. The maximum absolute atomic E-state index is 12.8. The van der Waals surface area contributed by atoms with Crippen LogP contribution >= 0.6 is 11.6 Å². The Hall–Kier alpha value is -1.55. The Kier molecular flexibility index (Phi) is 3.66. The third-order valence-corrected chi connectivity index (χ3v) is 5.16. The minimum absolute atomic E-state index is 0.0976. The first-order valence-electron chi connectivity index (χ1n) is 7.42. The summed E-state index contributed by atoms with van der Waals surface area (Å²) in [4.78, 5) is 26.4. The highest BCUT2D eigenvalue weighted by Crippen LogP contribution is 2.38. The molecule has 0 radical (unpaired) electrons. The number of benzene rings is 1. The molecule has 4 nitrogen and oxygen atoms in total. The minimum atomic E-state index is -0.698.